The quantitative estimate of drug-likeness (QED) is 0.747. The second-order valence-corrected chi connectivity index (χ2v) is 7.79. The van der Waals surface area contributed by atoms with Gasteiger partial charge in [-0.2, -0.15) is 0 Å². The van der Waals surface area contributed by atoms with Gasteiger partial charge < -0.3 is 19.2 Å². The highest BCUT2D eigenvalue weighted by atomic mass is 16.5. The molecule has 29 heavy (non-hydrogen) atoms. The number of nitrogens with zero attached hydrogens (tertiary/aromatic N) is 4. The molecule has 0 unspecified atom stereocenters. The van der Waals surface area contributed by atoms with Crippen LogP contribution in [0.2, 0.25) is 0 Å². The molecule has 0 atom stereocenters. The topological polar surface area (TPSA) is 69.9 Å². The molecule has 0 saturated carbocycles. The molecule has 2 saturated heterocycles. The van der Waals surface area contributed by atoms with Gasteiger partial charge in [0.05, 0.1) is 12.1 Å². The molecule has 0 spiro atoms. The molecule has 7 nitrogen and oxygen atoms in total. The fourth-order valence-corrected chi connectivity index (χ4v) is 4.02. The highest BCUT2D eigenvalue weighted by Crippen LogP contribution is 2.20. The number of amides is 2. The minimum absolute atomic E-state index is 0.0297. The summed E-state index contributed by atoms with van der Waals surface area (Å²) in [4.78, 5) is 31.1. The summed E-state index contributed by atoms with van der Waals surface area (Å²) in [5, 5.41) is 4.04. The molecule has 0 aliphatic carbocycles. The highest BCUT2D eigenvalue weighted by molar-refractivity contribution is 5.80. The van der Waals surface area contributed by atoms with Crippen molar-refractivity contribution in [3.05, 3.63) is 42.1 Å². The number of likely N-dealkylation sites (tertiary alicyclic amines) is 1. The lowest BCUT2D eigenvalue weighted by Gasteiger charge is -2.35. The monoisotopic (exact) mass is 396 g/mol. The predicted octanol–water partition coefficient (Wildman–Crippen LogP) is 2.04. The summed E-state index contributed by atoms with van der Waals surface area (Å²) in [5.41, 5.74) is 1.58. The summed E-state index contributed by atoms with van der Waals surface area (Å²) in [6, 6.07) is 11.5. The molecule has 2 aliphatic heterocycles. The van der Waals surface area contributed by atoms with Crippen LogP contribution in [0.3, 0.4) is 0 Å². The molecule has 154 valence electrons. The molecular weight excluding hydrogens is 368 g/mol. The van der Waals surface area contributed by atoms with Gasteiger partial charge >= 0.3 is 0 Å². The van der Waals surface area contributed by atoms with E-state index in [0.717, 1.165) is 25.2 Å². The number of piperazine rings is 1. The van der Waals surface area contributed by atoms with Crippen LogP contribution in [0.25, 0.3) is 11.3 Å². The first-order valence-corrected chi connectivity index (χ1v) is 10.5. The lowest BCUT2D eigenvalue weighted by Crippen LogP contribution is -2.51. The van der Waals surface area contributed by atoms with Crippen LogP contribution in [0.4, 0.5) is 0 Å². The predicted molar refractivity (Wildman–Crippen MR) is 109 cm³/mol. The Bertz CT molecular complexity index is 822. The standard InChI is InChI=1S/C22H28N4O3/c27-21(8-11-24-9-4-5-10-24)25-12-14-26(15-13-25)22(28)17-19-16-20(29-23-19)18-6-2-1-3-7-18/h1-3,6-7,16H,4-5,8-15,17H2. The second kappa shape index (κ2) is 9.22. The van der Waals surface area contributed by atoms with Crippen molar-refractivity contribution in [1.82, 2.24) is 19.9 Å². The van der Waals surface area contributed by atoms with E-state index in [4.69, 9.17) is 4.52 Å². The van der Waals surface area contributed by atoms with Crippen LogP contribution >= 0.6 is 0 Å². The molecule has 0 bridgehead atoms. The van der Waals surface area contributed by atoms with Crippen LogP contribution in [-0.2, 0) is 16.0 Å². The summed E-state index contributed by atoms with van der Waals surface area (Å²) in [5.74, 6) is 0.900. The van der Waals surface area contributed by atoms with Gasteiger partial charge in [0.1, 0.15) is 0 Å². The van der Waals surface area contributed by atoms with Crippen LogP contribution < -0.4 is 0 Å². The number of hydrogen-bond acceptors (Lipinski definition) is 5. The molecule has 0 N–H and O–H groups in total. The highest BCUT2D eigenvalue weighted by Gasteiger charge is 2.25. The van der Waals surface area contributed by atoms with Crippen molar-refractivity contribution < 1.29 is 14.1 Å². The Morgan fingerprint density at radius 1 is 0.897 bits per heavy atom. The second-order valence-electron chi connectivity index (χ2n) is 7.79. The van der Waals surface area contributed by atoms with E-state index in [-0.39, 0.29) is 18.2 Å². The zero-order chi connectivity index (χ0) is 20.1. The molecule has 2 aliphatic rings. The van der Waals surface area contributed by atoms with Gasteiger partial charge in [0.15, 0.2) is 5.76 Å². The molecule has 0 radical (unpaired) electrons. The molecule has 1 aromatic carbocycles. The summed E-state index contributed by atoms with van der Waals surface area (Å²) in [7, 11) is 0. The first-order valence-electron chi connectivity index (χ1n) is 10.5. The number of carbonyl (C=O) groups excluding carboxylic acids is 2. The van der Waals surface area contributed by atoms with E-state index in [1.807, 2.05) is 46.2 Å². The van der Waals surface area contributed by atoms with Crippen LogP contribution in [0.1, 0.15) is 25.0 Å². The molecular formula is C22H28N4O3. The van der Waals surface area contributed by atoms with Crippen LogP contribution in [0, 0.1) is 0 Å². The smallest absolute Gasteiger partial charge is 0.228 e. The molecule has 4 rings (SSSR count). The number of benzene rings is 1. The minimum Gasteiger partial charge on any atom is -0.356 e. The summed E-state index contributed by atoms with van der Waals surface area (Å²) >= 11 is 0. The zero-order valence-electron chi connectivity index (χ0n) is 16.8. The Kier molecular flexibility index (Phi) is 6.24. The van der Waals surface area contributed by atoms with Crippen molar-refractivity contribution in [2.24, 2.45) is 0 Å². The largest absolute Gasteiger partial charge is 0.356 e. The van der Waals surface area contributed by atoms with Gasteiger partial charge in [0, 0.05) is 50.8 Å². The molecule has 7 heteroatoms. The Morgan fingerprint density at radius 2 is 1.55 bits per heavy atom. The Hall–Kier alpha value is -2.67. The molecule has 2 amide bonds. The first kappa shape index (κ1) is 19.6. The number of aromatic nitrogens is 1. The molecule has 2 aromatic rings. The van der Waals surface area contributed by atoms with Crippen molar-refractivity contribution in [2.75, 3.05) is 45.8 Å². The fraction of sp³-hybridized carbons (Fsp3) is 0.500. The third-order valence-corrected chi connectivity index (χ3v) is 5.78. The van der Waals surface area contributed by atoms with E-state index in [1.165, 1.54) is 12.8 Å². The van der Waals surface area contributed by atoms with Crippen molar-refractivity contribution in [2.45, 2.75) is 25.7 Å². The maximum absolute atomic E-state index is 12.6. The molecule has 1 aromatic heterocycles. The van der Waals surface area contributed by atoms with Crippen molar-refractivity contribution in [1.29, 1.82) is 0 Å². The van der Waals surface area contributed by atoms with Gasteiger partial charge in [-0.3, -0.25) is 9.59 Å². The zero-order valence-corrected chi connectivity index (χ0v) is 16.8. The number of hydrogen-bond donors (Lipinski definition) is 0. The number of carbonyl (C=O) groups is 2. The maximum Gasteiger partial charge on any atom is 0.228 e. The van der Waals surface area contributed by atoms with Gasteiger partial charge in [-0.15, -0.1) is 0 Å². The van der Waals surface area contributed by atoms with E-state index in [0.29, 0.717) is 44.1 Å². The Balaban J connectivity index is 1.23. The van der Waals surface area contributed by atoms with Gasteiger partial charge in [-0.1, -0.05) is 35.5 Å². The van der Waals surface area contributed by atoms with Crippen molar-refractivity contribution in [3.63, 3.8) is 0 Å². The lowest BCUT2D eigenvalue weighted by atomic mass is 10.1. The Morgan fingerprint density at radius 3 is 2.24 bits per heavy atom. The third kappa shape index (κ3) is 5.03. The number of rotatable bonds is 6. The van der Waals surface area contributed by atoms with Crippen LogP contribution in [0.5, 0.6) is 0 Å². The van der Waals surface area contributed by atoms with Gasteiger partial charge in [-0.25, -0.2) is 0 Å². The van der Waals surface area contributed by atoms with Crippen molar-refractivity contribution >= 4 is 11.8 Å². The van der Waals surface area contributed by atoms with Gasteiger partial charge in [-0.05, 0) is 25.9 Å². The fourth-order valence-electron chi connectivity index (χ4n) is 4.02. The van der Waals surface area contributed by atoms with E-state index >= 15 is 0 Å². The lowest BCUT2D eigenvalue weighted by molar-refractivity contribution is -0.139. The van der Waals surface area contributed by atoms with Gasteiger partial charge in [0.2, 0.25) is 11.8 Å². The van der Waals surface area contributed by atoms with Crippen LogP contribution in [0.15, 0.2) is 40.9 Å². The summed E-state index contributed by atoms with van der Waals surface area (Å²) < 4.78 is 5.38. The van der Waals surface area contributed by atoms with Crippen molar-refractivity contribution in [3.8, 4) is 11.3 Å². The SMILES string of the molecule is O=C(CCN1CCCC1)N1CCN(C(=O)Cc2cc(-c3ccccc3)on2)CC1. The van der Waals surface area contributed by atoms with E-state index in [2.05, 4.69) is 10.1 Å². The Labute approximate surface area is 171 Å². The molecule has 3 heterocycles. The first-order chi connectivity index (χ1) is 14.2. The van der Waals surface area contributed by atoms with E-state index in [9.17, 15) is 9.59 Å². The average Bonchev–Trinajstić information content (AvgIpc) is 3.45. The average molecular weight is 396 g/mol. The van der Waals surface area contributed by atoms with E-state index < -0.39 is 0 Å². The summed E-state index contributed by atoms with van der Waals surface area (Å²) in [6.45, 7) is 5.47. The minimum atomic E-state index is 0.0297. The maximum atomic E-state index is 12.6. The van der Waals surface area contributed by atoms with E-state index in [1.54, 1.807) is 0 Å². The molecule has 2 fully saturated rings. The van der Waals surface area contributed by atoms with Gasteiger partial charge in [0.25, 0.3) is 0 Å². The van der Waals surface area contributed by atoms with Crippen LogP contribution in [-0.4, -0.2) is 77.5 Å². The normalized spacial score (nSPS) is 17.7. The third-order valence-electron chi connectivity index (χ3n) is 5.78. The summed E-state index contributed by atoms with van der Waals surface area (Å²) in [6.07, 6.45) is 3.29.